The van der Waals surface area contributed by atoms with Gasteiger partial charge in [-0.1, -0.05) is 13.3 Å². The highest BCUT2D eigenvalue weighted by molar-refractivity contribution is 5.76. The summed E-state index contributed by atoms with van der Waals surface area (Å²) in [5.74, 6) is 0.0589. The standard InChI is InChI=1S/C9H18O3/c1-3-4-5-11-6-7-12-8-9(2)10/h3-8H2,1-2H3. The van der Waals surface area contributed by atoms with Gasteiger partial charge in [0.25, 0.3) is 0 Å². The summed E-state index contributed by atoms with van der Waals surface area (Å²) >= 11 is 0. The zero-order valence-corrected chi connectivity index (χ0v) is 7.97. The Labute approximate surface area is 74.0 Å². The maximum Gasteiger partial charge on any atom is 0.155 e. The van der Waals surface area contributed by atoms with Crippen LogP contribution in [0.15, 0.2) is 0 Å². The summed E-state index contributed by atoms with van der Waals surface area (Å²) in [6.45, 7) is 5.74. The van der Waals surface area contributed by atoms with E-state index in [0.717, 1.165) is 19.4 Å². The molecule has 12 heavy (non-hydrogen) atoms. The third kappa shape index (κ3) is 9.59. The van der Waals surface area contributed by atoms with Gasteiger partial charge >= 0.3 is 0 Å². The Kier molecular flexibility index (Phi) is 8.39. The van der Waals surface area contributed by atoms with Gasteiger partial charge in [0.2, 0.25) is 0 Å². The van der Waals surface area contributed by atoms with E-state index in [4.69, 9.17) is 9.47 Å². The van der Waals surface area contributed by atoms with Crippen LogP contribution in [-0.4, -0.2) is 32.2 Å². The number of carbonyl (C=O) groups excluding carboxylic acids is 1. The number of carbonyl (C=O) groups is 1. The number of ketones is 1. The van der Waals surface area contributed by atoms with Crippen LogP contribution in [-0.2, 0) is 14.3 Å². The second-order valence-electron chi connectivity index (χ2n) is 2.72. The fourth-order valence-corrected chi connectivity index (χ4v) is 0.682. The van der Waals surface area contributed by atoms with Crippen molar-refractivity contribution in [3.8, 4) is 0 Å². The molecule has 0 saturated carbocycles. The first-order chi connectivity index (χ1) is 5.77. The molecule has 0 aromatic heterocycles. The Morgan fingerprint density at radius 1 is 1.17 bits per heavy atom. The quantitative estimate of drug-likeness (QED) is 0.522. The SMILES string of the molecule is CCCCOCCOCC(C)=O. The molecule has 3 nitrogen and oxygen atoms in total. The first-order valence-electron chi connectivity index (χ1n) is 4.42. The van der Waals surface area contributed by atoms with Crippen LogP contribution in [0.25, 0.3) is 0 Å². The van der Waals surface area contributed by atoms with E-state index in [2.05, 4.69) is 6.92 Å². The minimum absolute atomic E-state index is 0.0589. The number of Topliss-reactive ketones (excluding diaryl/α,β-unsaturated/α-hetero) is 1. The fourth-order valence-electron chi connectivity index (χ4n) is 0.682. The van der Waals surface area contributed by atoms with Gasteiger partial charge in [0.05, 0.1) is 13.2 Å². The second-order valence-corrected chi connectivity index (χ2v) is 2.72. The molecule has 0 saturated heterocycles. The summed E-state index contributed by atoms with van der Waals surface area (Å²) in [5.41, 5.74) is 0. The molecule has 3 heteroatoms. The van der Waals surface area contributed by atoms with Gasteiger partial charge in [0.1, 0.15) is 6.61 Å². The molecule has 0 radical (unpaired) electrons. The van der Waals surface area contributed by atoms with Crippen molar-refractivity contribution in [1.82, 2.24) is 0 Å². The maximum atomic E-state index is 10.4. The normalized spacial score (nSPS) is 10.2. The van der Waals surface area contributed by atoms with E-state index in [1.54, 1.807) is 0 Å². The van der Waals surface area contributed by atoms with Crippen molar-refractivity contribution < 1.29 is 14.3 Å². The minimum atomic E-state index is 0.0589. The lowest BCUT2D eigenvalue weighted by Crippen LogP contribution is -2.09. The number of hydrogen-bond donors (Lipinski definition) is 0. The molecule has 0 aliphatic rings. The van der Waals surface area contributed by atoms with Crippen molar-refractivity contribution in [2.75, 3.05) is 26.4 Å². The first kappa shape index (κ1) is 11.6. The van der Waals surface area contributed by atoms with Crippen LogP contribution in [0.3, 0.4) is 0 Å². The van der Waals surface area contributed by atoms with E-state index in [0.29, 0.717) is 13.2 Å². The first-order valence-corrected chi connectivity index (χ1v) is 4.42. The summed E-state index contributed by atoms with van der Waals surface area (Å²) < 4.78 is 10.2. The van der Waals surface area contributed by atoms with Gasteiger partial charge in [-0.2, -0.15) is 0 Å². The Hall–Kier alpha value is -0.410. The predicted octanol–water partition coefficient (Wildman–Crippen LogP) is 1.41. The van der Waals surface area contributed by atoms with Gasteiger partial charge in [-0.25, -0.2) is 0 Å². The van der Waals surface area contributed by atoms with E-state index >= 15 is 0 Å². The van der Waals surface area contributed by atoms with E-state index in [1.165, 1.54) is 6.92 Å². The van der Waals surface area contributed by atoms with Crippen LogP contribution in [0.2, 0.25) is 0 Å². The van der Waals surface area contributed by atoms with E-state index in [-0.39, 0.29) is 12.4 Å². The minimum Gasteiger partial charge on any atom is -0.379 e. The van der Waals surface area contributed by atoms with Crippen LogP contribution >= 0.6 is 0 Å². The van der Waals surface area contributed by atoms with Crippen LogP contribution in [0.4, 0.5) is 0 Å². The summed E-state index contributed by atoms with van der Waals surface area (Å²) in [7, 11) is 0. The van der Waals surface area contributed by atoms with Crippen molar-refractivity contribution in [1.29, 1.82) is 0 Å². The largest absolute Gasteiger partial charge is 0.379 e. The molecule has 0 N–H and O–H groups in total. The third-order valence-corrected chi connectivity index (χ3v) is 1.32. The van der Waals surface area contributed by atoms with Crippen LogP contribution in [0, 0.1) is 0 Å². The second kappa shape index (κ2) is 8.68. The highest BCUT2D eigenvalue weighted by Gasteiger charge is 1.92. The highest BCUT2D eigenvalue weighted by Crippen LogP contribution is 1.87. The van der Waals surface area contributed by atoms with Crippen molar-refractivity contribution in [3.05, 3.63) is 0 Å². The molecule has 0 aromatic carbocycles. The zero-order chi connectivity index (χ0) is 9.23. The molecule has 0 rings (SSSR count). The number of hydrogen-bond acceptors (Lipinski definition) is 3. The molecule has 72 valence electrons. The number of ether oxygens (including phenoxy) is 2. The molecular weight excluding hydrogens is 156 g/mol. The molecule has 0 fully saturated rings. The van der Waals surface area contributed by atoms with Crippen LogP contribution < -0.4 is 0 Å². The Morgan fingerprint density at radius 2 is 1.83 bits per heavy atom. The lowest BCUT2D eigenvalue weighted by atomic mass is 10.4. The monoisotopic (exact) mass is 174 g/mol. The summed E-state index contributed by atoms with van der Waals surface area (Å²) in [6, 6.07) is 0. The van der Waals surface area contributed by atoms with Crippen LogP contribution in [0.1, 0.15) is 26.7 Å². The topological polar surface area (TPSA) is 35.5 Å². The average Bonchev–Trinajstić information content (AvgIpc) is 2.02. The van der Waals surface area contributed by atoms with Crippen molar-refractivity contribution >= 4 is 5.78 Å². The lowest BCUT2D eigenvalue weighted by molar-refractivity contribution is -0.121. The Balaban J connectivity index is 2.86. The molecule has 0 aliphatic carbocycles. The lowest BCUT2D eigenvalue weighted by Gasteiger charge is -2.02. The Bertz CT molecular complexity index is 112. The molecule has 0 aromatic rings. The molecular formula is C9H18O3. The van der Waals surface area contributed by atoms with Gasteiger partial charge in [-0.3, -0.25) is 4.79 Å². The Morgan fingerprint density at radius 3 is 2.42 bits per heavy atom. The van der Waals surface area contributed by atoms with Crippen LogP contribution in [0.5, 0.6) is 0 Å². The predicted molar refractivity (Wildman–Crippen MR) is 47.2 cm³/mol. The average molecular weight is 174 g/mol. The highest BCUT2D eigenvalue weighted by atomic mass is 16.5. The van der Waals surface area contributed by atoms with Gasteiger partial charge in [0.15, 0.2) is 5.78 Å². The van der Waals surface area contributed by atoms with Crippen molar-refractivity contribution in [2.24, 2.45) is 0 Å². The maximum absolute atomic E-state index is 10.4. The van der Waals surface area contributed by atoms with E-state index in [9.17, 15) is 4.79 Å². The van der Waals surface area contributed by atoms with Crippen molar-refractivity contribution in [3.63, 3.8) is 0 Å². The van der Waals surface area contributed by atoms with Crippen molar-refractivity contribution in [2.45, 2.75) is 26.7 Å². The fraction of sp³-hybridized carbons (Fsp3) is 0.889. The summed E-state index contributed by atoms with van der Waals surface area (Å²) in [5, 5.41) is 0. The zero-order valence-electron chi connectivity index (χ0n) is 7.97. The van der Waals surface area contributed by atoms with Gasteiger partial charge < -0.3 is 9.47 Å². The summed E-state index contributed by atoms with van der Waals surface area (Å²) in [6.07, 6.45) is 2.24. The summed E-state index contributed by atoms with van der Waals surface area (Å²) in [4.78, 5) is 10.4. The number of rotatable bonds is 8. The molecule has 0 unspecified atom stereocenters. The molecule has 0 amide bonds. The third-order valence-electron chi connectivity index (χ3n) is 1.32. The molecule has 0 atom stereocenters. The molecule has 0 heterocycles. The molecule has 0 aliphatic heterocycles. The van der Waals surface area contributed by atoms with Gasteiger partial charge in [-0.15, -0.1) is 0 Å². The molecule has 0 bridgehead atoms. The van der Waals surface area contributed by atoms with E-state index in [1.807, 2.05) is 0 Å². The van der Waals surface area contributed by atoms with Gasteiger partial charge in [0, 0.05) is 6.61 Å². The number of unbranched alkanes of at least 4 members (excludes halogenated alkanes) is 1. The molecule has 0 spiro atoms. The van der Waals surface area contributed by atoms with Gasteiger partial charge in [-0.05, 0) is 13.3 Å². The smallest absolute Gasteiger partial charge is 0.155 e. The van der Waals surface area contributed by atoms with E-state index < -0.39 is 0 Å².